The van der Waals surface area contributed by atoms with Crippen LogP contribution in [-0.2, 0) is 12.8 Å². The number of benzene rings is 1. The van der Waals surface area contributed by atoms with E-state index in [1.54, 1.807) is 7.11 Å². The van der Waals surface area contributed by atoms with E-state index in [0.29, 0.717) is 0 Å². The Balaban J connectivity index is 2.53. The summed E-state index contributed by atoms with van der Waals surface area (Å²) in [6.45, 7) is 4.34. The number of methoxy groups -OCH3 is 1. The Morgan fingerprint density at radius 1 is 0.944 bits per heavy atom. The van der Waals surface area contributed by atoms with Crippen molar-refractivity contribution in [2.45, 2.75) is 26.7 Å². The lowest BCUT2D eigenvalue weighted by Gasteiger charge is -2.13. The maximum absolute atomic E-state index is 5.21. The molecule has 0 bridgehead atoms. The molecule has 2 rings (SSSR count). The van der Waals surface area contributed by atoms with Crippen molar-refractivity contribution in [2.24, 2.45) is 0 Å². The highest BCUT2D eigenvalue weighted by molar-refractivity contribution is 5.71. The first-order chi connectivity index (χ1) is 8.80. The molecule has 0 spiro atoms. The summed E-state index contributed by atoms with van der Waals surface area (Å²) in [5.74, 6) is 0.893. The predicted octanol–water partition coefficient (Wildman–Crippen LogP) is 3.88. The molecule has 0 N–H and O–H groups in total. The van der Waals surface area contributed by atoms with Gasteiger partial charge in [0, 0.05) is 12.4 Å². The van der Waals surface area contributed by atoms with Crippen LogP contribution in [0.25, 0.3) is 11.1 Å². The van der Waals surface area contributed by atoms with Gasteiger partial charge in [-0.3, -0.25) is 4.98 Å². The van der Waals surface area contributed by atoms with E-state index in [1.807, 2.05) is 24.5 Å². The topological polar surface area (TPSA) is 22.1 Å². The van der Waals surface area contributed by atoms with E-state index in [2.05, 4.69) is 31.0 Å². The Labute approximate surface area is 109 Å². The van der Waals surface area contributed by atoms with E-state index < -0.39 is 0 Å². The van der Waals surface area contributed by atoms with Gasteiger partial charge in [-0.15, -0.1) is 0 Å². The van der Waals surface area contributed by atoms with Crippen LogP contribution in [0.2, 0.25) is 0 Å². The van der Waals surface area contributed by atoms with Crippen LogP contribution in [0.5, 0.6) is 5.75 Å². The fourth-order valence-electron chi connectivity index (χ4n) is 2.22. The second kappa shape index (κ2) is 5.67. The van der Waals surface area contributed by atoms with Crippen molar-refractivity contribution in [3.05, 3.63) is 47.8 Å². The van der Waals surface area contributed by atoms with Gasteiger partial charge in [0.1, 0.15) is 5.75 Å². The SMILES string of the molecule is CCc1cncc(CC)c1-c1ccc(OC)cc1. The molecule has 2 heteroatoms. The predicted molar refractivity (Wildman–Crippen MR) is 75.0 cm³/mol. The number of rotatable bonds is 4. The molecule has 0 aliphatic rings. The van der Waals surface area contributed by atoms with Crippen LogP contribution in [0.1, 0.15) is 25.0 Å². The van der Waals surface area contributed by atoms with Crippen LogP contribution >= 0.6 is 0 Å². The van der Waals surface area contributed by atoms with Crippen molar-refractivity contribution in [1.29, 1.82) is 0 Å². The molecule has 0 unspecified atom stereocenters. The molecule has 0 saturated carbocycles. The molecule has 1 aromatic carbocycles. The van der Waals surface area contributed by atoms with Gasteiger partial charge in [-0.1, -0.05) is 26.0 Å². The van der Waals surface area contributed by atoms with Crippen molar-refractivity contribution in [3.63, 3.8) is 0 Å². The Kier molecular flexibility index (Phi) is 3.98. The maximum atomic E-state index is 5.21. The first-order valence-corrected chi connectivity index (χ1v) is 6.40. The first kappa shape index (κ1) is 12.6. The highest BCUT2D eigenvalue weighted by Crippen LogP contribution is 2.29. The Morgan fingerprint density at radius 2 is 1.50 bits per heavy atom. The number of hydrogen-bond donors (Lipinski definition) is 0. The number of aryl methyl sites for hydroxylation is 2. The van der Waals surface area contributed by atoms with Gasteiger partial charge in [-0.25, -0.2) is 0 Å². The van der Waals surface area contributed by atoms with E-state index >= 15 is 0 Å². The Bertz CT molecular complexity index is 495. The van der Waals surface area contributed by atoms with Crippen LogP contribution in [0, 0.1) is 0 Å². The van der Waals surface area contributed by atoms with E-state index in [1.165, 1.54) is 22.3 Å². The second-order valence-corrected chi connectivity index (χ2v) is 4.27. The summed E-state index contributed by atoms with van der Waals surface area (Å²) in [5.41, 5.74) is 5.18. The third kappa shape index (κ3) is 2.37. The molecule has 94 valence electrons. The molecule has 18 heavy (non-hydrogen) atoms. The summed E-state index contributed by atoms with van der Waals surface area (Å²) in [6.07, 6.45) is 5.95. The summed E-state index contributed by atoms with van der Waals surface area (Å²) >= 11 is 0. The molecule has 0 atom stereocenters. The van der Waals surface area contributed by atoms with Gasteiger partial charge in [0.15, 0.2) is 0 Å². The molecule has 0 aliphatic heterocycles. The van der Waals surface area contributed by atoms with Gasteiger partial charge in [0.25, 0.3) is 0 Å². The van der Waals surface area contributed by atoms with Crippen LogP contribution < -0.4 is 4.74 Å². The lowest BCUT2D eigenvalue weighted by molar-refractivity contribution is 0.415. The van der Waals surface area contributed by atoms with Crippen molar-refractivity contribution in [2.75, 3.05) is 7.11 Å². The molecule has 1 aromatic heterocycles. The summed E-state index contributed by atoms with van der Waals surface area (Å²) in [7, 11) is 1.69. The molecule has 2 nitrogen and oxygen atoms in total. The van der Waals surface area contributed by atoms with Crippen molar-refractivity contribution >= 4 is 0 Å². The average Bonchev–Trinajstić information content (AvgIpc) is 2.46. The highest BCUT2D eigenvalue weighted by atomic mass is 16.5. The average molecular weight is 241 g/mol. The Morgan fingerprint density at radius 3 is 1.94 bits per heavy atom. The minimum Gasteiger partial charge on any atom is -0.497 e. The fraction of sp³-hybridized carbons (Fsp3) is 0.312. The number of hydrogen-bond acceptors (Lipinski definition) is 2. The van der Waals surface area contributed by atoms with Gasteiger partial charge in [0.05, 0.1) is 7.11 Å². The minimum absolute atomic E-state index is 0.893. The molecule has 2 aromatic rings. The van der Waals surface area contributed by atoms with Gasteiger partial charge in [-0.05, 0) is 47.2 Å². The molecular weight excluding hydrogens is 222 g/mol. The summed E-state index contributed by atoms with van der Waals surface area (Å²) in [6, 6.07) is 8.25. The minimum atomic E-state index is 0.893. The molecule has 1 heterocycles. The number of ether oxygens (including phenoxy) is 1. The molecule has 0 radical (unpaired) electrons. The Hall–Kier alpha value is -1.83. The molecule has 0 amide bonds. The lowest BCUT2D eigenvalue weighted by atomic mass is 9.94. The summed E-state index contributed by atoms with van der Waals surface area (Å²) < 4.78 is 5.21. The van der Waals surface area contributed by atoms with E-state index in [4.69, 9.17) is 4.74 Å². The lowest BCUT2D eigenvalue weighted by Crippen LogP contribution is -1.96. The maximum Gasteiger partial charge on any atom is 0.118 e. The van der Waals surface area contributed by atoms with Crippen molar-refractivity contribution in [1.82, 2.24) is 4.98 Å². The van der Waals surface area contributed by atoms with Gasteiger partial charge in [0.2, 0.25) is 0 Å². The second-order valence-electron chi connectivity index (χ2n) is 4.27. The summed E-state index contributed by atoms with van der Waals surface area (Å²) in [5, 5.41) is 0. The van der Waals surface area contributed by atoms with E-state index in [-0.39, 0.29) is 0 Å². The van der Waals surface area contributed by atoms with Crippen molar-refractivity contribution in [3.8, 4) is 16.9 Å². The van der Waals surface area contributed by atoms with Gasteiger partial charge >= 0.3 is 0 Å². The third-order valence-electron chi connectivity index (χ3n) is 3.24. The zero-order valence-electron chi connectivity index (χ0n) is 11.2. The van der Waals surface area contributed by atoms with Crippen LogP contribution in [-0.4, -0.2) is 12.1 Å². The fourth-order valence-corrected chi connectivity index (χ4v) is 2.22. The van der Waals surface area contributed by atoms with E-state index in [9.17, 15) is 0 Å². The number of nitrogens with zero attached hydrogens (tertiary/aromatic N) is 1. The molecule has 0 fully saturated rings. The first-order valence-electron chi connectivity index (χ1n) is 6.40. The molecule has 0 saturated heterocycles. The zero-order valence-corrected chi connectivity index (χ0v) is 11.2. The third-order valence-corrected chi connectivity index (χ3v) is 3.24. The molecule has 0 aliphatic carbocycles. The van der Waals surface area contributed by atoms with Gasteiger partial charge in [-0.2, -0.15) is 0 Å². The smallest absolute Gasteiger partial charge is 0.118 e. The van der Waals surface area contributed by atoms with Gasteiger partial charge < -0.3 is 4.74 Å². The van der Waals surface area contributed by atoms with Crippen LogP contribution in [0.15, 0.2) is 36.7 Å². The molecular formula is C16H19NO. The van der Waals surface area contributed by atoms with Crippen LogP contribution in [0.3, 0.4) is 0 Å². The quantitative estimate of drug-likeness (QED) is 0.810. The van der Waals surface area contributed by atoms with Crippen molar-refractivity contribution < 1.29 is 4.74 Å². The normalized spacial score (nSPS) is 10.4. The number of aromatic nitrogens is 1. The summed E-state index contributed by atoms with van der Waals surface area (Å²) in [4.78, 5) is 4.32. The standard InChI is InChI=1S/C16H19NO/c1-4-12-10-17-11-13(5-2)16(12)14-6-8-15(18-3)9-7-14/h6-11H,4-5H2,1-3H3. The van der Waals surface area contributed by atoms with Crippen LogP contribution in [0.4, 0.5) is 0 Å². The zero-order chi connectivity index (χ0) is 13.0. The highest BCUT2D eigenvalue weighted by Gasteiger charge is 2.09. The largest absolute Gasteiger partial charge is 0.497 e. The number of pyridine rings is 1. The monoisotopic (exact) mass is 241 g/mol. The van der Waals surface area contributed by atoms with E-state index in [0.717, 1.165) is 18.6 Å².